The molecular formula is C11H16FNO. The van der Waals surface area contributed by atoms with Gasteiger partial charge in [0.05, 0.1) is 5.56 Å². The molecule has 0 saturated carbocycles. The van der Waals surface area contributed by atoms with Crippen molar-refractivity contribution in [2.24, 2.45) is 0 Å². The van der Waals surface area contributed by atoms with E-state index in [9.17, 15) is 9.18 Å². The van der Waals surface area contributed by atoms with Gasteiger partial charge >= 0.3 is 0 Å². The summed E-state index contributed by atoms with van der Waals surface area (Å²) in [5.41, 5.74) is 0.773. The number of hydrogen-bond donors (Lipinski definition) is 1. The molecule has 78 valence electrons. The second-order valence-electron chi connectivity index (χ2n) is 2.51. The molecule has 1 rings (SSSR count). The lowest BCUT2D eigenvalue weighted by atomic mass is 10.1. The Morgan fingerprint density at radius 2 is 1.93 bits per heavy atom. The summed E-state index contributed by atoms with van der Waals surface area (Å²) in [5, 5.41) is 2.38. The van der Waals surface area contributed by atoms with Crippen LogP contribution in [0.2, 0.25) is 0 Å². The number of rotatable bonds is 1. The number of carbonyl (C=O) groups excluding carboxylic acids is 1. The largest absolute Gasteiger partial charge is 0.355 e. The molecule has 0 aliphatic rings. The number of aryl methyl sites for hydroxylation is 1. The first kappa shape index (κ1) is 12.6. The Morgan fingerprint density at radius 3 is 2.36 bits per heavy atom. The third-order valence-corrected chi connectivity index (χ3v) is 1.68. The van der Waals surface area contributed by atoms with E-state index in [0.717, 1.165) is 0 Å². The highest BCUT2D eigenvalue weighted by Crippen LogP contribution is 2.11. The maximum absolute atomic E-state index is 13.0. The van der Waals surface area contributed by atoms with Crippen molar-refractivity contribution >= 4 is 5.91 Å². The molecule has 0 aromatic heterocycles. The first-order valence-corrected chi connectivity index (χ1v) is 4.64. The maximum Gasteiger partial charge on any atom is 0.254 e. The zero-order valence-corrected chi connectivity index (χ0v) is 9.02. The molecule has 0 spiro atoms. The smallest absolute Gasteiger partial charge is 0.254 e. The number of nitrogens with one attached hydrogen (secondary N) is 1. The van der Waals surface area contributed by atoms with E-state index < -0.39 is 5.82 Å². The van der Waals surface area contributed by atoms with Gasteiger partial charge in [0.25, 0.3) is 5.91 Å². The standard InChI is InChI=1S/C9H10FNO.C2H6/c1-6-4-3-5-7(10)8(6)9(12)11-2;1-2/h3-5H,1-2H3,(H,11,12);1-2H3. The molecule has 14 heavy (non-hydrogen) atoms. The molecule has 0 atom stereocenters. The second-order valence-corrected chi connectivity index (χ2v) is 2.51. The third kappa shape index (κ3) is 2.83. The minimum Gasteiger partial charge on any atom is -0.355 e. The molecule has 0 heterocycles. The van der Waals surface area contributed by atoms with Crippen molar-refractivity contribution in [2.75, 3.05) is 7.05 Å². The summed E-state index contributed by atoms with van der Waals surface area (Å²) >= 11 is 0. The summed E-state index contributed by atoms with van der Waals surface area (Å²) in [4.78, 5) is 11.1. The van der Waals surface area contributed by atoms with Crippen LogP contribution in [0, 0.1) is 12.7 Å². The van der Waals surface area contributed by atoms with Crippen LogP contribution >= 0.6 is 0 Å². The topological polar surface area (TPSA) is 29.1 Å². The summed E-state index contributed by atoms with van der Waals surface area (Å²) in [7, 11) is 1.48. The van der Waals surface area contributed by atoms with Gasteiger partial charge in [0.15, 0.2) is 0 Å². The van der Waals surface area contributed by atoms with Crippen LogP contribution in [0.4, 0.5) is 4.39 Å². The lowest BCUT2D eigenvalue weighted by molar-refractivity contribution is 0.0958. The van der Waals surface area contributed by atoms with Crippen molar-refractivity contribution < 1.29 is 9.18 Å². The normalized spacial score (nSPS) is 8.64. The Labute approximate surface area is 84.1 Å². The van der Waals surface area contributed by atoms with Gasteiger partial charge in [0.2, 0.25) is 0 Å². The van der Waals surface area contributed by atoms with Gasteiger partial charge in [-0.25, -0.2) is 4.39 Å². The van der Waals surface area contributed by atoms with Gasteiger partial charge in [-0.1, -0.05) is 26.0 Å². The Bertz CT molecular complexity index is 290. The lowest BCUT2D eigenvalue weighted by Gasteiger charge is -2.04. The average molecular weight is 197 g/mol. The van der Waals surface area contributed by atoms with Crippen molar-refractivity contribution in [3.8, 4) is 0 Å². The zero-order valence-electron chi connectivity index (χ0n) is 9.02. The van der Waals surface area contributed by atoms with Crippen molar-refractivity contribution in [2.45, 2.75) is 20.8 Å². The van der Waals surface area contributed by atoms with Crippen LogP contribution in [0.5, 0.6) is 0 Å². The minimum absolute atomic E-state index is 0.125. The number of halogens is 1. The quantitative estimate of drug-likeness (QED) is 0.736. The van der Waals surface area contributed by atoms with E-state index in [1.807, 2.05) is 13.8 Å². The van der Waals surface area contributed by atoms with Gasteiger partial charge in [-0.2, -0.15) is 0 Å². The van der Waals surface area contributed by atoms with Crippen LogP contribution in [0.15, 0.2) is 18.2 Å². The Balaban J connectivity index is 0.000000791. The molecule has 0 aliphatic carbocycles. The summed E-state index contributed by atoms with van der Waals surface area (Å²) in [6.07, 6.45) is 0. The summed E-state index contributed by atoms with van der Waals surface area (Å²) in [6, 6.07) is 4.56. The summed E-state index contributed by atoms with van der Waals surface area (Å²) in [6.45, 7) is 5.70. The summed E-state index contributed by atoms with van der Waals surface area (Å²) in [5.74, 6) is -0.861. The number of amides is 1. The lowest BCUT2D eigenvalue weighted by Crippen LogP contribution is -2.20. The van der Waals surface area contributed by atoms with E-state index in [-0.39, 0.29) is 11.5 Å². The molecular weight excluding hydrogens is 181 g/mol. The number of benzene rings is 1. The predicted octanol–water partition coefficient (Wildman–Crippen LogP) is 2.52. The van der Waals surface area contributed by atoms with Crippen molar-refractivity contribution in [1.29, 1.82) is 0 Å². The monoisotopic (exact) mass is 197 g/mol. The van der Waals surface area contributed by atoms with Crippen LogP contribution in [0.3, 0.4) is 0 Å². The number of hydrogen-bond acceptors (Lipinski definition) is 1. The fourth-order valence-electron chi connectivity index (χ4n) is 1.04. The van der Waals surface area contributed by atoms with Crippen molar-refractivity contribution in [3.05, 3.63) is 35.1 Å². The molecule has 1 N–H and O–H groups in total. The second kappa shape index (κ2) is 6.13. The van der Waals surface area contributed by atoms with Gasteiger partial charge in [0, 0.05) is 7.05 Å². The van der Waals surface area contributed by atoms with Gasteiger partial charge in [-0.05, 0) is 18.6 Å². The van der Waals surface area contributed by atoms with Gasteiger partial charge in [-0.15, -0.1) is 0 Å². The molecule has 0 bridgehead atoms. The minimum atomic E-state index is -0.477. The van der Waals surface area contributed by atoms with Crippen LogP contribution in [0.25, 0.3) is 0 Å². The van der Waals surface area contributed by atoms with Crippen LogP contribution in [-0.2, 0) is 0 Å². The van der Waals surface area contributed by atoms with Crippen molar-refractivity contribution in [1.82, 2.24) is 5.32 Å². The fourth-order valence-corrected chi connectivity index (χ4v) is 1.04. The van der Waals surface area contributed by atoms with Crippen LogP contribution in [-0.4, -0.2) is 13.0 Å². The highest BCUT2D eigenvalue weighted by molar-refractivity contribution is 5.95. The van der Waals surface area contributed by atoms with Gasteiger partial charge < -0.3 is 5.32 Å². The van der Waals surface area contributed by atoms with E-state index in [1.54, 1.807) is 19.1 Å². The van der Waals surface area contributed by atoms with Crippen LogP contribution < -0.4 is 5.32 Å². The Hall–Kier alpha value is -1.38. The Kier molecular flexibility index (Phi) is 5.53. The zero-order chi connectivity index (χ0) is 11.1. The highest BCUT2D eigenvalue weighted by Gasteiger charge is 2.11. The van der Waals surface area contributed by atoms with E-state index in [2.05, 4.69) is 5.32 Å². The first-order chi connectivity index (χ1) is 6.66. The molecule has 3 heteroatoms. The van der Waals surface area contributed by atoms with Crippen molar-refractivity contribution in [3.63, 3.8) is 0 Å². The van der Waals surface area contributed by atoms with Gasteiger partial charge in [-0.3, -0.25) is 4.79 Å². The average Bonchev–Trinajstić information content (AvgIpc) is 2.20. The predicted molar refractivity (Wildman–Crippen MR) is 55.9 cm³/mol. The molecule has 1 aromatic carbocycles. The highest BCUT2D eigenvalue weighted by atomic mass is 19.1. The molecule has 0 radical (unpaired) electrons. The van der Waals surface area contributed by atoms with E-state index in [1.165, 1.54) is 13.1 Å². The third-order valence-electron chi connectivity index (χ3n) is 1.68. The Morgan fingerprint density at radius 1 is 1.36 bits per heavy atom. The summed E-state index contributed by atoms with van der Waals surface area (Å²) < 4.78 is 13.0. The molecule has 0 saturated heterocycles. The molecule has 1 aromatic rings. The van der Waals surface area contributed by atoms with Crippen LogP contribution in [0.1, 0.15) is 29.8 Å². The fraction of sp³-hybridized carbons (Fsp3) is 0.364. The molecule has 2 nitrogen and oxygen atoms in total. The molecule has 0 fully saturated rings. The molecule has 1 amide bonds. The number of carbonyl (C=O) groups is 1. The molecule has 0 unspecified atom stereocenters. The first-order valence-electron chi connectivity index (χ1n) is 4.64. The van der Waals surface area contributed by atoms with E-state index in [0.29, 0.717) is 5.56 Å². The molecule has 0 aliphatic heterocycles. The van der Waals surface area contributed by atoms with E-state index >= 15 is 0 Å². The maximum atomic E-state index is 13.0. The van der Waals surface area contributed by atoms with E-state index in [4.69, 9.17) is 0 Å². The van der Waals surface area contributed by atoms with Gasteiger partial charge in [0.1, 0.15) is 5.82 Å². The SMILES string of the molecule is CC.CNC(=O)c1c(C)cccc1F.